The predicted octanol–water partition coefficient (Wildman–Crippen LogP) is 3.60. The molecule has 2 rings (SSSR count). The Morgan fingerprint density at radius 1 is 1.06 bits per heavy atom. The number of amides is 2. The summed E-state index contributed by atoms with van der Waals surface area (Å²) in [6, 6.07) is 13.1. The topological polar surface area (TPSA) is 86.8 Å². The molecule has 2 aromatic rings. The van der Waals surface area contributed by atoms with Gasteiger partial charge in [0.05, 0.1) is 11.9 Å². The van der Waals surface area contributed by atoms with Crippen molar-refractivity contribution in [3.8, 4) is 0 Å². The fraction of sp³-hybridized carbons (Fsp3) is 0.417. The van der Waals surface area contributed by atoms with Crippen LogP contribution in [-0.2, 0) is 26.2 Å². The van der Waals surface area contributed by atoms with Crippen molar-refractivity contribution in [3.05, 3.63) is 64.7 Å². The maximum absolute atomic E-state index is 13.4. The third-order valence-electron chi connectivity index (χ3n) is 5.09. The van der Waals surface area contributed by atoms with Gasteiger partial charge in [0, 0.05) is 18.1 Å². The van der Waals surface area contributed by atoms with Crippen LogP contribution in [0.2, 0.25) is 5.02 Å². The zero-order valence-corrected chi connectivity index (χ0v) is 21.3. The Kier molecular flexibility index (Phi) is 9.31. The molecule has 9 heteroatoms. The van der Waals surface area contributed by atoms with Gasteiger partial charge in [-0.05, 0) is 55.2 Å². The Balaban J connectivity index is 2.35. The van der Waals surface area contributed by atoms with E-state index in [9.17, 15) is 18.0 Å². The molecule has 0 aliphatic carbocycles. The monoisotopic (exact) mass is 493 g/mol. The van der Waals surface area contributed by atoms with E-state index in [1.807, 2.05) is 26.8 Å². The number of nitrogens with zero attached hydrogens (tertiary/aromatic N) is 2. The van der Waals surface area contributed by atoms with Gasteiger partial charge in [-0.2, -0.15) is 0 Å². The van der Waals surface area contributed by atoms with Gasteiger partial charge in [-0.15, -0.1) is 0 Å². The van der Waals surface area contributed by atoms with Crippen molar-refractivity contribution in [2.75, 3.05) is 23.7 Å². The van der Waals surface area contributed by atoms with E-state index in [1.165, 1.54) is 4.90 Å². The van der Waals surface area contributed by atoms with E-state index in [4.69, 9.17) is 11.6 Å². The molecule has 0 aliphatic heterocycles. The molecule has 0 saturated carbocycles. The van der Waals surface area contributed by atoms with E-state index in [-0.39, 0.29) is 18.4 Å². The van der Waals surface area contributed by atoms with Crippen LogP contribution in [0.15, 0.2) is 48.5 Å². The number of anilines is 1. The van der Waals surface area contributed by atoms with Crippen molar-refractivity contribution in [2.45, 2.75) is 40.3 Å². The summed E-state index contributed by atoms with van der Waals surface area (Å²) in [5.74, 6) is -0.528. The van der Waals surface area contributed by atoms with Crippen LogP contribution in [-0.4, -0.2) is 50.5 Å². The minimum absolute atomic E-state index is 0.137. The molecule has 0 aliphatic rings. The number of hydrogen-bond acceptors (Lipinski definition) is 4. The van der Waals surface area contributed by atoms with E-state index >= 15 is 0 Å². The number of nitrogens with one attached hydrogen (secondary N) is 1. The molecule has 180 valence electrons. The van der Waals surface area contributed by atoms with Crippen molar-refractivity contribution in [1.82, 2.24) is 10.2 Å². The lowest BCUT2D eigenvalue weighted by molar-refractivity contribution is -0.139. The first-order chi connectivity index (χ1) is 15.4. The largest absolute Gasteiger partial charge is 0.354 e. The minimum Gasteiger partial charge on any atom is -0.354 e. The van der Waals surface area contributed by atoms with Gasteiger partial charge in [0.15, 0.2) is 0 Å². The molecule has 1 unspecified atom stereocenters. The van der Waals surface area contributed by atoms with Crippen LogP contribution in [0.3, 0.4) is 0 Å². The summed E-state index contributed by atoms with van der Waals surface area (Å²) in [7, 11) is -3.74. The Bertz CT molecular complexity index is 1070. The van der Waals surface area contributed by atoms with Gasteiger partial charge in [0.1, 0.15) is 12.6 Å². The van der Waals surface area contributed by atoms with Gasteiger partial charge < -0.3 is 10.2 Å². The number of carbonyl (C=O) groups is 2. The predicted molar refractivity (Wildman–Crippen MR) is 133 cm³/mol. The molecule has 0 fully saturated rings. The first kappa shape index (κ1) is 26.7. The van der Waals surface area contributed by atoms with Crippen molar-refractivity contribution in [3.63, 3.8) is 0 Å². The highest BCUT2D eigenvalue weighted by Crippen LogP contribution is 2.20. The van der Waals surface area contributed by atoms with Gasteiger partial charge in [0.2, 0.25) is 21.8 Å². The van der Waals surface area contributed by atoms with Crippen LogP contribution in [0.1, 0.15) is 31.9 Å². The fourth-order valence-corrected chi connectivity index (χ4v) is 4.19. The molecule has 33 heavy (non-hydrogen) atoms. The van der Waals surface area contributed by atoms with Crippen LogP contribution in [0.25, 0.3) is 0 Å². The summed E-state index contributed by atoms with van der Waals surface area (Å²) < 4.78 is 26.1. The van der Waals surface area contributed by atoms with E-state index in [2.05, 4.69) is 5.32 Å². The maximum Gasteiger partial charge on any atom is 0.244 e. The van der Waals surface area contributed by atoms with Gasteiger partial charge >= 0.3 is 0 Å². The van der Waals surface area contributed by atoms with Crippen LogP contribution in [0.4, 0.5) is 5.69 Å². The van der Waals surface area contributed by atoms with E-state index in [1.54, 1.807) is 49.4 Å². The molecule has 0 heterocycles. The first-order valence-corrected chi connectivity index (χ1v) is 13.0. The number of aryl methyl sites for hydroxylation is 1. The lowest BCUT2D eigenvalue weighted by atomic mass is 10.1. The molecule has 2 amide bonds. The molecule has 0 saturated heterocycles. The SMILES string of the molecule is Cc1cccc(N(CC(=O)N(Cc2ccc(Cl)cc2)C(C)C(=O)NCC(C)C)S(C)(=O)=O)c1. The molecule has 0 radical (unpaired) electrons. The minimum atomic E-state index is -3.74. The summed E-state index contributed by atoms with van der Waals surface area (Å²) in [5, 5.41) is 3.41. The van der Waals surface area contributed by atoms with Gasteiger partial charge in [-0.3, -0.25) is 13.9 Å². The van der Waals surface area contributed by atoms with E-state index in [0.29, 0.717) is 17.3 Å². The summed E-state index contributed by atoms with van der Waals surface area (Å²) in [6.45, 7) is 7.64. The molecular weight excluding hydrogens is 462 g/mol. The summed E-state index contributed by atoms with van der Waals surface area (Å²) >= 11 is 5.98. The second kappa shape index (κ2) is 11.5. The Hall–Kier alpha value is -2.58. The number of sulfonamides is 1. The lowest BCUT2D eigenvalue weighted by Crippen LogP contribution is -2.51. The number of halogens is 1. The Labute approximate surface area is 201 Å². The van der Waals surface area contributed by atoms with Crippen molar-refractivity contribution < 1.29 is 18.0 Å². The second-order valence-electron chi connectivity index (χ2n) is 8.57. The molecule has 1 N–H and O–H groups in total. The number of hydrogen-bond donors (Lipinski definition) is 1. The van der Waals surface area contributed by atoms with Gasteiger partial charge in [-0.25, -0.2) is 8.42 Å². The normalized spacial score (nSPS) is 12.3. The van der Waals surface area contributed by atoms with Crippen LogP contribution >= 0.6 is 11.6 Å². The fourth-order valence-electron chi connectivity index (χ4n) is 3.22. The summed E-state index contributed by atoms with van der Waals surface area (Å²) in [6.07, 6.45) is 1.06. The molecular formula is C24H32ClN3O4S. The van der Waals surface area contributed by atoms with Gasteiger partial charge in [-0.1, -0.05) is 49.7 Å². The third kappa shape index (κ3) is 8.05. The molecule has 7 nitrogen and oxygen atoms in total. The van der Waals surface area contributed by atoms with Gasteiger partial charge in [0.25, 0.3) is 0 Å². The first-order valence-electron chi connectivity index (χ1n) is 10.7. The van der Waals surface area contributed by atoms with E-state index < -0.39 is 28.5 Å². The average Bonchev–Trinajstić information content (AvgIpc) is 2.73. The Morgan fingerprint density at radius 2 is 1.70 bits per heavy atom. The Morgan fingerprint density at radius 3 is 2.24 bits per heavy atom. The lowest BCUT2D eigenvalue weighted by Gasteiger charge is -2.31. The zero-order valence-electron chi connectivity index (χ0n) is 19.7. The molecule has 2 aromatic carbocycles. The second-order valence-corrected chi connectivity index (χ2v) is 10.9. The van der Waals surface area contributed by atoms with Crippen molar-refractivity contribution >= 4 is 39.1 Å². The van der Waals surface area contributed by atoms with Crippen molar-refractivity contribution in [1.29, 1.82) is 0 Å². The highest BCUT2D eigenvalue weighted by Gasteiger charge is 2.30. The highest BCUT2D eigenvalue weighted by atomic mass is 35.5. The maximum atomic E-state index is 13.4. The molecule has 1 atom stereocenters. The molecule has 0 bridgehead atoms. The number of benzene rings is 2. The van der Waals surface area contributed by atoms with Crippen LogP contribution in [0, 0.1) is 12.8 Å². The zero-order chi connectivity index (χ0) is 24.8. The summed E-state index contributed by atoms with van der Waals surface area (Å²) in [5.41, 5.74) is 2.04. The standard InChI is InChI=1S/C24H32ClN3O4S/c1-17(2)14-26-24(30)19(4)27(15-20-9-11-21(25)12-10-20)23(29)16-28(33(5,31)32)22-8-6-7-18(3)13-22/h6-13,17,19H,14-16H2,1-5H3,(H,26,30). The summed E-state index contributed by atoms with van der Waals surface area (Å²) in [4.78, 5) is 27.6. The van der Waals surface area contributed by atoms with Crippen molar-refractivity contribution in [2.24, 2.45) is 5.92 Å². The quantitative estimate of drug-likeness (QED) is 0.547. The molecule has 0 aromatic heterocycles. The van der Waals surface area contributed by atoms with E-state index in [0.717, 1.165) is 21.7 Å². The average molecular weight is 494 g/mol. The number of carbonyl (C=O) groups excluding carboxylic acids is 2. The smallest absolute Gasteiger partial charge is 0.244 e. The third-order valence-corrected chi connectivity index (χ3v) is 6.48. The number of rotatable bonds is 10. The highest BCUT2D eigenvalue weighted by molar-refractivity contribution is 7.92. The van der Waals surface area contributed by atoms with Crippen LogP contribution in [0.5, 0.6) is 0 Å². The van der Waals surface area contributed by atoms with Crippen LogP contribution < -0.4 is 9.62 Å². The molecule has 0 spiro atoms.